The average Bonchev–Trinajstić information content (AvgIpc) is 2.98. The highest BCUT2D eigenvalue weighted by molar-refractivity contribution is 4.98. The summed E-state index contributed by atoms with van der Waals surface area (Å²) in [6.45, 7) is 2.87. The molecule has 88 valence electrons. The molecule has 4 heteroatoms. The molecule has 0 aromatic rings. The van der Waals surface area contributed by atoms with Crippen molar-refractivity contribution in [2.75, 3.05) is 33.0 Å². The first-order chi connectivity index (χ1) is 7.24. The zero-order valence-electron chi connectivity index (χ0n) is 9.15. The lowest BCUT2D eigenvalue weighted by atomic mass is 9.97. The Hall–Kier alpha value is -0.160. The molecule has 1 saturated heterocycles. The summed E-state index contributed by atoms with van der Waals surface area (Å²) >= 11 is 0. The third kappa shape index (κ3) is 2.91. The van der Waals surface area contributed by atoms with Crippen LogP contribution in [0.2, 0.25) is 0 Å². The smallest absolute Gasteiger partial charge is 0.0671 e. The summed E-state index contributed by atoms with van der Waals surface area (Å²) in [7, 11) is 0. The van der Waals surface area contributed by atoms with Crippen LogP contribution in [0.3, 0.4) is 0 Å². The minimum Gasteiger partial charge on any atom is -0.394 e. The first-order valence-corrected chi connectivity index (χ1v) is 5.80. The van der Waals surface area contributed by atoms with Gasteiger partial charge in [0.2, 0.25) is 0 Å². The van der Waals surface area contributed by atoms with Gasteiger partial charge in [-0.15, -0.1) is 0 Å². The van der Waals surface area contributed by atoms with Crippen LogP contribution in [0.15, 0.2) is 0 Å². The Balaban J connectivity index is 1.66. The van der Waals surface area contributed by atoms with E-state index in [4.69, 9.17) is 15.2 Å². The van der Waals surface area contributed by atoms with Gasteiger partial charge in [-0.2, -0.15) is 0 Å². The first-order valence-electron chi connectivity index (χ1n) is 5.80. The number of aliphatic hydroxyl groups is 1. The number of nitrogens with two attached hydrogens (primary N) is 1. The van der Waals surface area contributed by atoms with Gasteiger partial charge in [0, 0.05) is 12.5 Å². The lowest BCUT2D eigenvalue weighted by Gasteiger charge is -2.27. The average molecular weight is 215 g/mol. The Labute approximate surface area is 90.7 Å². The maximum absolute atomic E-state index is 9.26. The SMILES string of the molecule is NC(CO)(COCC1CCOC1)C1CC1. The number of rotatable bonds is 6. The normalized spacial score (nSPS) is 30.4. The van der Waals surface area contributed by atoms with E-state index in [0.717, 1.165) is 32.5 Å². The Morgan fingerprint density at radius 2 is 2.20 bits per heavy atom. The second-order valence-corrected chi connectivity index (χ2v) is 4.91. The monoisotopic (exact) mass is 215 g/mol. The molecule has 0 amide bonds. The van der Waals surface area contributed by atoms with E-state index in [1.165, 1.54) is 0 Å². The van der Waals surface area contributed by atoms with Gasteiger partial charge in [0.15, 0.2) is 0 Å². The summed E-state index contributed by atoms with van der Waals surface area (Å²) in [5.41, 5.74) is 5.58. The van der Waals surface area contributed by atoms with Crippen molar-refractivity contribution in [3.8, 4) is 0 Å². The van der Waals surface area contributed by atoms with Crippen molar-refractivity contribution >= 4 is 0 Å². The fraction of sp³-hybridized carbons (Fsp3) is 1.00. The van der Waals surface area contributed by atoms with Gasteiger partial charge in [0.25, 0.3) is 0 Å². The molecule has 1 saturated carbocycles. The predicted molar refractivity (Wildman–Crippen MR) is 56.5 cm³/mol. The van der Waals surface area contributed by atoms with E-state index in [1.54, 1.807) is 0 Å². The molecule has 3 N–H and O–H groups in total. The molecule has 4 nitrogen and oxygen atoms in total. The van der Waals surface area contributed by atoms with Crippen molar-refractivity contribution in [1.29, 1.82) is 0 Å². The summed E-state index contributed by atoms with van der Waals surface area (Å²) < 4.78 is 10.9. The highest BCUT2D eigenvalue weighted by Gasteiger charge is 2.42. The minimum absolute atomic E-state index is 0.0266. The van der Waals surface area contributed by atoms with Crippen molar-refractivity contribution < 1.29 is 14.6 Å². The Morgan fingerprint density at radius 1 is 1.40 bits per heavy atom. The molecule has 0 aromatic carbocycles. The third-order valence-corrected chi connectivity index (χ3v) is 3.43. The van der Waals surface area contributed by atoms with E-state index in [0.29, 0.717) is 25.0 Å². The number of hydrogen-bond acceptors (Lipinski definition) is 4. The molecule has 0 spiro atoms. The molecule has 2 aliphatic rings. The fourth-order valence-corrected chi connectivity index (χ4v) is 2.08. The van der Waals surface area contributed by atoms with Crippen LogP contribution >= 0.6 is 0 Å². The predicted octanol–water partition coefficient (Wildman–Crippen LogP) is 0.139. The van der Waals surface area contributed by atoms with Gasteiger partial charge in [0.05, 0.1) is 32.0 Å². The van der Waals surface area contributed by atoms with E-state index >= 15 is 0 Å². The molecule has 2 atom stereocenters. The molecular weight excluding hydrogens is 194 g/mol. The quantitative estimate of drug-likeness (QED) is 0.661. The Kier molecular flexibility index (Phi) is 3.61. The number of hydrogen-bond donors (Lipinski definition) is 2. The summed E-state index contributed by atoms with van der Waals surface area (Å²) in [5, 5.41) is 9.26. The molecule has 1 aliphatic carbocycles. The second-order valence-electron chi connectivity index (χ2n) is 4.91. The summed E-state index contributed by atoms with van der Waals surface area (Å²) in [6.07, 6.45) is 3.35. The van der Waals surface area contributed by atoms with Crippen molar-refractivity contribution in [2.24, 2.45) is 17.6 Å². The largest absolute Gasteiger partial charge is 0.394 e. The summed E-state index contributed by atoms with van der Waals surface area (Å²) in [4.78, 5) is 0. The van der Waals surface area contributed by atoms with Crippen LogP contribution in [0.5, 0.6) is 0 Å². The molecule has 2 rings (SSSR count). The summed E-state index contributed by atoms with van der Waals surface area (Å²) in [6, 6.07) is 0. The van der Waals surface area contributed by atoms with Gasteiger partial charge < -0.3 is 20.3 Å². The lowest BCUT2D eigenvalue weighted by Crippen LogP contribution is -2.50. The molecule has 1 aliphatic heterocycles. The Morgan fingerprint density at radius 3 is 2.73 bits per heavy atom. The molecule has 15 heavy (non-hydrogen) atoms. The maximum Gasteiger partial charge on any atom is 0.0671 e. The van der Waals surface area contributed by atoms with Gasteiger partial charge in [-0.25, -0.2) is 0 Å². The second kappa shape index (κ2) is 4.78. The van der Waals surface area contributed by atoms with Crippen molar-refractivity contribution in [2.45, 2.75) is 24.8 Å². The molecule has 2 unspecified atom stereocenters. The van der Waals surface area contributed by atoms with Gasteiger partial charge >= 0.3 is 0 Å². The van der Waals surface area contributed by atoms with Crippen LogP contribution in [0, 0.1) is 11.8 Å². The van der Waals surface area contributed by atoms with Crippen molar-refractivity contribution in [3.05, 3.63) is 0 Å². The van der Waals surface area contributed by atoms with E-state index in [2.05, 4.69) is 0 Å². The van der Waals surface area contributed by atoms with E-state index in [1.807, 2.05) is 0 Å². The topological polar surface area (TPSA) is 64.7 Å². The van der Waals surface area contributed by atoms with Gasteiger partial charge in [-0.3, -0.25) is 0 Å². The van der Waals surface area contributed by atoms with Gasteiger partial charge in [0.1, 0.15) is 0 Å². The van der Waals surface area contributed by atoms with Crippen LogP contribution in [-0.2, 0) is 9.47 Å². The van der Waals surface area contributed by atoms with E-state index in [9.17, 15) is 5.11 Å². The lowest BCUT2D eigenvalue weighted by molar-refractivity contribution is 0.0257. The standard InChI is InChI=1S/C11H21NO3/c12-11(7-13,10-1-2-10)8-15-6-9-3-4-14-5-9/h9-10,13H,1-8,12H2. The fourth-order valence-electron chi connectivity index (χ4n) is 2.08. The van der Waals surface area contributed by atoms with Crippen LogP contribution in [0.25, 0.3) is 0 Å². The van der Waals surface area contributed by atoms with E-state index in [-0.39, 0.29) is 6.61 Å². The highest BCUT2D eigenvalue weighted by Crippen LogP contribution is 2.38. The van der Waals surface area contributed by atoms with Gasteiger partial charge in [-0.1, -0.05) is 0 Å². The molecule has 0 bridgehead atoms. The number of aliphatic hydroxyl groups excluding tert-OH is 1. The van der Waals surface area contributed by atoms with Crippen LogP contribution in [0.4, 0.5) is 0 Å². The maximum atomic E-state index is 9.26. The molecule has 0 radical (unpaired) electrons. The van der Waals surface area contributed by atoms with Crippen LogP contribution in [0.1, 0.15) is 19.3 Å². The highest BCUT2D eigenvalue weighted by atomic mass is 16.5. The van der Waals surface area contributed by atoms with E-state index < -0.39 is 5.54 Å². The third-order valence-electron chi connectivity index (χ3n) is 3.43. The minimum atomic E-state index is -0.501. The molecule has 0 aromatic heterocycles. The first kappa shape index (κ1) is 11.3. The molecule has 2 fully saturated rings. The summed E-state index contributed by atoms with van der Waals surface area (Å²) in [5.74, 6) is 0.981. The van der Waals surface area contributed by atoms with Gasteiger partial charge in [-0.05, 0) is 25.2 Å². The zero-order valence-corrected chi connectivity index (χ0v) is 9.15. The van der Waals surface area contributed by atoms with Crippen molar-refractivity contribution in [1.82, 2.24) is 0 Å². The zero-order chi connectivity index (χ0) is 10.7. The number of ether oxygens (including phenoxy) is 2. The van der Waals surface area contributed by atoms with Crippen LogP contribution < -0.4 is 5.73 Å². The molecular formula is C11H21NO3. The van der Waals surface area contributed by atoms with Crippen molar-refractivity contribution in [3.63, 3.8) is 0 Å². The molecule has 1 heterocycles. The Bertz CT molecular complexity index is 202. The van der Waals surface area contributed by atoms with Crippen LogP contribution in [-0.4, -0.2) is 43.7 Å².